The van der Waals surface area contributed by atoms with Crippen LogP contribution in [0.4, 0.5) is 5.69 Å². The molecule has 0 atom stereocenters. The van der Waals surface area contributed by atoms with Gasteiger partial charge in [-0.1, -0.05) is 0 Å². The number of benzene rings is 1. The van der Waals surface area contributed by atoms with Gasteiger partial charge in [-0.15, -0.1) is 0 Å². The van der Waals surface area contributed by atoms with Crippen molar-refractivity contribution >= 4 is 11.6 Å². The van der Waals surface area contributed by atoms with Crippen LogP contribution in [0.3, 0.4) is 0 Å². The van der Waals surface area contributed by atoms with Gasteiger partial charge in [0.15, 0.2) is 0 Å². The molecule has 0 aromatic heterocycles. The third-order valence-corrected chi connectivity index (χ3v) is 4.37. The highest BCUT2D eigenvalue weighted by Crippen LogP contribution is 2.60. The van der Waals surface area contributed by atoms with Gasteiger partial charge in [-0.2, -0.15) is 0 Å². The van der Waals surface area contributed by atoms with Crippen molar-refractivity contribution in [3.8, 4) is 5.75 Å². The highest BCUT2D eigenvalue weighted by atomic mass is 16.6. The zero-order valence-corrected chi connectivity index (χ0v) is 11.0. The van der Waals surface area contributed by atoms with Gasteiger partial charge >= 0.3 is 0 Å². The number of aromatic hydroxyl groups is 1. The van der Waals surface area contributed by atoms with Crippen molar-refractivity contribution in [2.24, 2.45) is 11.3 Å². The summed E-state index contributed by atoms with van der Waals surface area (Å²) in [6, 6.07) is 3.52. The summed E-state index contributed by atoms with van der Waals surface area (Å²) in [6.07, 6.45) is 4.81. The number of nitrogens with one attached hydrogen (secondary N) is 1. The number of rotatable bonds is 5. The molecule has 20 heavy (non-hydrogen) atoms. The molecule has 0 bridgehead atoms. The largest absolute Gasteiger partial charge is 0.507 e. The molecule has 0 aliphatic heterocycles. The number of nitrogens with zero attached hydrogens (tertiary/aromatic N) is 1. The lowest BCUT2D eigenvalue weighted by Gasteiger charge is -2.15. The maximum atomic E-state index is 12.0. The number of amides is 1. The molecule has 1 amide bonds. The van der Waals surface area contributed by atoms with Gasteiger partial charge in [0.2, 0.25) is 0 Å². The quantitative estimate of drug-likeness (QED) is 0.637. The third-order valence-electron chi connectivity index (χ3n) is 4.37. The Morgan fingerprint density at radius 1 is 1.45 bits per heavy atom. The maximum absolute atomic E-state index is 12.0. The molecular formula is C14H16N2O4. The van der Waals surface area contributed by atoms with Crippen LogP contribution < -0.4 is 5.32 Å². The normalized spacial score (nSPS) is 19.4. The van der Waals surface area contributed by atoms with Gasteiger partial charge in [-0.05, 0) is 43.1 Å². The lowest BCUT2D eigenvalue weighted by atomic mass is 10.0. The van der Waals surface area contributed by atoms with Crippen molar-refractivity contribution in [3.05, 3.63) is 33.9 Å². The van der Waals surface area contributed by atoms with Crippen molar-refractivity contribution in [1.82, 2.24) is 5.32 Å². The SMILES string of the molecule is O=C(NCC1(C2CC2)CC1)c1ccc([N+](=O)[O-])cc1O. The molecule has 2 aliphatic carbocycles. The molecule has 6 nitrogen and oxygen atoms in total. The fourth-order valence-electron chi connectivity index (χ4n) is 2.76. The van der Waals surface area contributed by atoms with Gasteiger partial charge in [-0.25, -0.2) is 0 Å². The number of phenolic OH excluding ortho intramolecular Hbond substituents is 1. The molecule has 1 aromatic rings. The summed E-state index contributed by atoms with van der Waals surface area (Å²) in [5.41, 5.74) is 0.143. The van der Waals surface area contributed by atoms with Gasteiger partial charge < -0.3 is 10.4 Å². The standard InChI is InChI=1S/C14H16N2O4/c17-12-7-10(16(19)20)3-4-11(12)13(18)15-8-14(5-6-14)9-1-2-9/h3-4,7,9,17H,1-2,5-6,8H2,(H,15,18). The van der Waals surface area contributed by atoms with Gasteiger partial charge in [0.25, 0.3) is 11.6 Å². The van der Waals surface area contributed by atoms with Gasteiger partial charge in [0.05, 0.1) is 16.6 Å². The van der Waals surface area contributed by atoms with Crippen LogP contribution in [0.25, 0.3) is 0 Å². The van der Waals surface area contributed by atoms with Crippen LogP contribution >= 0.6 is 0 Å². The Morgan fingerprint density at radius 2 is 2.15 bits per heavy atom. The zero-order valence-electron chi connectivity index (χ0n) is 11.0. The smallest absolute Gasteiger partial charge is 0.273 e. The van der Waals surface area contributed by atoms with Crippen molar-refractivity contribution in [1.29, 1.82) is 0 Å². The summed E-state index contributed by atoms with van der Waals surface area (Å²) >= 11 is 0. The molecule has 0 unspecified atom stereocenters. The molecule has 0 spiro atoms. The second kappa shape index (κ2) is 4.47. The number of carbonyl (C=O) groups is 1. The van der Waals surface area contributed by atoms with Crippen LogP contribution in [0.5, 0.6) is 5.75 Å². The lowest BCUT2D eigenvalue weighted by molar-refractivity contribution is -0.384. The van der Waals surface area contributed by atoms with E-state index in [1.165, 1.54) is 25.0 Å². The van der Waals surface area contributed by atoms with E-state index >= 15 is 0 Å². The van der Waals surface area contributed by atoms with E-state index in [4.69, 9.17) is 0 Å². The lowest BCUT2D eigenvalue weighted by Crippen LogP contribution is -2.31. The number of nitro benzene ring substituents is 1. The summed E-state index contributed by atoms with van der Waals surface area (Å²) < 4.78 is 0. The second-order valence-electron chi connectivity index (χ2n) is 5.78. The summed E-state index contributed by atoms with van der Waals surface area (Å²) in [7, 11) is 0. The molecule has 0 saturated heterocycles. The van der Waals surface area contributed by atoms with Gasteiger partial charge in [-0.3, -0.25) is 14.9 Å². The Bertz CT molecular complexity index is 577. The predicted molar refractivity (Wildman–Crippen MR) is 71.5 cm³/mol. The summed E-state index contributed by atoms with van der Waals surface area (Å²) in [5.74, 6) is 0.0190. The summed E-state index contributed by atoms with van der Waals surface area (Å²) in [5, 5.41) is 23.1. The van der Waals surface area contributed by atoms with Crippen LogP contribution in [0, 0.1) is 21.4 Å². The Kier molecular flexibility index (Phi) is 2.88. The first-order chi connectivity index (χ1) is 9.52. The highest BCUT2D eigenvalue weighted by Gasteiger charge is 2.53. The minimum atomic E-state index is -0.603. The second-order valence-corrected chi connectivity index (χ2v) is 5.78. The minimum absolute atomic E-state index is 0.0854. The fourth-order valence-corrected chi connectivity index (χ4v) is 2.76. The van der Waals surface area contributed by atoms with Crippen LogP contribution in [0.1, 0.15) is 36.0 Å². The van der Waals surface area contributed by atoms with Crippen molar-refractivity contribution in [2.75, 3.05) is 6.54 Å². The van der Waals surface area contributed by atoms with Crippen molar-refractivity contribution in [2.45, 2.75) is 25.7 Å². The van der Waals surface area contributed by atoms with E-state index in [1.54, 1.807) is 0 Å². The van der Waals surface area contributed by atoms with E-state index in [9.17, 15) is 20.0 Å². The van der Waals surface area contributed by atoms with Gasteiger partial charge in [0, 0.05) is 12.6 Å². The van der Waals surface area contributed by atoms with E-state index in [1.807, 2.05) is 0 Å². The predicted octanol–water partition coefficient (Wildman–Crippen LogP) is 2.22. The van der Waals surface area contributed by atoms with Crippen molar-refractivity contribution < 1.29 is 14.8 Å². The first-order valence-corrected chi connectivity index (χ1v) is 6.77. The first-order valence-electron chi connectivity index (χ1n) is 6.77. The molecule has 2 aliphatic rings. The summed E-state index contributed by atoms with van der Waals surface area (Å²) in [6.45, 7) is 0.632. The molecule has 0 radical (unpaired) electrons. The van der Waals surface area contributed by atoms with Crippen LogP contribution in [0.15, 0.2) is 18.2 Å². The maximum Gasteiger partial charge on any atom is 0.273 e. The Hall–Kier alpha value is -2.11. The topological polar surface area (TPSA) is 92.5 Å². The van der Waals surface area contributed by atoms with E-state index in [2.05, 4.69) is 5.32 Å². The Morgan fingerprint density at radius 3 is 2.65 bits per heavy atom. The first kappa shape index (κ1) is 12.9. The third kappa shape index (κ3) is 2.33. The van der Waals surface area contributed by atoms with Crippen LogP contribution in [0.2, 0.25) is 0 Å². The minimum Gasteiger partial charge on any atom is -0.507 e. The molecule has 2 saturated carbocycles. The van der Waals surface area contributed by atoms with E-state index < -0.39 is 4.92 Å². The average Bonchev–Trinajstić information content (AvgIpc) is 3.27. The van der Waals surface area contributed by atoms with E-state index in [0.717, 1.165) is 24.8 Å². The molecule has 0 heterocycles. The monoisotopic (exact) mass is 276 g/mol. The molecule has 3 rings (SSSR count). The number of hydrogen-bond acceptors (Lipinski definition) is 4. The number of phenols is 1. The Balaban J connectivity index is 1.66. The van der Waals surface area contributed by atoms with Crippen molar-refractivity contribution in [3.63, 3.8) is 0 Å². The van der Waals surface area contributed by atoms with E-state index in [0.29, 0.717) is 6.54 Å². The molecule has 2 fully saturated rings. The Labute approximate surface area is 115 Å². The van der Waals surface area contributed by atoms with Crippen LogP contribution in [-0.4, -0.2) is 22.5 Å². The zero-order chi connectivity index (χ0) is 14.3. The molecule has 2 N–H and O–H groups in total. The number of carbonyl (C=O) groups excluding carboxylic acids is 1. The van der Waals surface area contributed by atoms with E-state index in [-0.39, 0.29) is 28.3 Å². The molecule has 1 aromatic carbocycles. The average molecular weight is 276 g/mol. The number of hydrogen-bond donors (Lipinski definition) is 2. The van der Waals surface area contributed by atoms with Crippen LogP contribution in [-0.2, 0) is 0 Å². The molecule has 106 valence electrons. The highest BCUT2D eigenvalue weighted by molar-refractivity contribution is 5.97. The number of non-ortho nitro benzene ring substituents is 1. The summed E-state index contributed by atoms with van der Waals surface area (Å²) in [4.78, 5) is 22.0. The molecular weight excluding hydrogens is 260 g/mol. The fraction of sp³-hybridized carbons (Fsp3) is 0.500. The number of nitro groups is 1. The van der Waals surface area contributed by atoms with Gasteiger partial charge in [0.1, 0.15) is 5.75 Å². The molecule has 6 heteroatoms.